The number of benzene rings is 1. The second kappa shape index (κ2) is 9.98. The van der Waals surface area contributed by atoms with Crippen molar-refractivity contribution in [2.75, 3.05) is 54.9 Å². The van der Waals surface area contributed by atoms with Gasteiger partial charge >= 0.3 is 0 Å². The van der Waals surface area contributed by atoms with Crippen LogP contribution in [0, 0.1) is 13.8 Å². The summed E-state index contributed by atoms with van der Waals surface area (Å²) < 4.78 is 0. The zero-order valence-electron chi connectivity index (χ0n) is 18.1. The van der Waals surface area contributed by atoms with Crippen LogP contribution < -0.4 is 15.5 Å². The number of para-hydroxylation sites is 1. The molecular formula is C21H26N8O2S. The number of nitrogens with one attached hydrogen (secondary N) is 2. The average molecular weight is 455 g/mol. The molecule has 1 fully saturated rings. The summed E-state index contributed by atoms with van der Waals surface area (Å²) in [5, 5.41) is 15.7. The fraction of sp³-hybridized carbons (Fsp3) is 0.381. The fourth-order valence-corrected chi connectivity index (χ4v) is 4.11. The van der Waals surface area contributed by atoms with Gasteiger partial charge in [-0.3, -0.25) is 15.0 Å². The van der Waals surface area contributed by atoms with Crippen molar-refractivity contribution in [1.82, 2.24) is 24.8 Å². The van der Waals surface area contributed by atoms with Crippen molar-refractivity contribution in [3.8, 4) is 0 Å². The molecule has 0 saturated carbocycles. The topological polar surface area (TPSA) is 119 Å². The van der Waals surface area contributed by atoms with Crippen LogP contribution in [0.3, 0.4) is 0 Å². The summed E-state index contributed by atoms with van der Waals surface area (Å²) in [6, 6.07) is 7.63. The van der Waals surface area contributed by atoms with E-state index < -0.39 is 0 Å². The number of aliphatic hydroxyl groups excluding tert-OH is 1. The third kappa shape index (κ3) is 5.36. The first-order chi connectivity index (χ1) is 15.5. The average Bonchev–Trinajstić information content (AvgIpc) is 3.24. The van der Waals surface area contributed by atoms with Crippen molar-refractivity contribution >= 4 is 40.0 Å². The van der Waals surface area contributed by atoms with E-state index in [1.54, 1.807) is 0 Å². The summed E-state index contributed by atoms with van der Waals surface area (Å²) in [5.74, 6) is 1.39. The van der Waals surface area contributed by atoms with Gasteiger partial charge in [0, 0.05) is 38.4 Å². The van der Waals surface area contributed by atoms with Crippen LogP contribution in [-0.4, -0.2) is 75.2 Å². The molecule has 1 aliphatic rings. The highest BCUT2D eigenvalue weighted by molar-refractivity contribution is 7.17. The number of rotatable bonds is 7. The third-order valence-electron chi connectivity index (χ3n) is 5.15. The number of anilines is 4. The summed E-state index contributed by atoms with van der Waals surface area (Å²) in [7, 11) is 0. The first-order valence-corrected chi connectivity index (χ1v) is 11.2. The molecule has 0 unspecified atom stereocenters. The van der Waals surface area contributed by atoms with Gasteiger partial charge in [-0.2, -0.15) is 15.0 Å². The summed E-state index contributed by atoms with van der Waals surface area (Å²) >= 11 is 1.24. The first-order valence-electron chi connectivity index (χ1n) is 10.4. The Bertz CT molecular complexity index is 1080. The van der Waals surface area contributed by atoms with Gasteiger partial charge in [-0.1, -0.05) is 29.5 Å². The molecule has 3 heterocycles. The predicted octanol–water partition coefficient (Wildman–Crippen LogP) is 2.06. The highest BCUT2D eigenvalue weighted by Crippen LogP contribution is 2.24. The van der Waals surface area contributed by atoms with E-state index in [-0.39, 0.29) is 12.5 Å². The zero-order chi connectivity index (χ0) is 22.5. The number of aliphatic hydroxyl groups is 1. The number of hydrogen-bond acceptors (Lipinski definition) is 10. The summed E-state index contributed by atoms with van der Waals surface area (Å²) in [4.78, 5) is 35.1. The molecular weight excluding hydrogens is 428 g/mol. The minimum atomic E-state index is -0.210. The van der Waals surface area contributed by atoms with Crippen LogP contribution in [-0.2, 0) is 0 Å². The van der Waals surface area contributed by atoms with Crippen molar-refractivity contribution in [3.05, 3.63) is 46.7 Å². The van der Waals surface area contributed by atoms with Crippen molar-refractivity contribution < 1.29 is 9.90 Å². The summed E-state index contributed by atoms with van der Waals surface area (Å²) in [5.41, 5.74) is 1.77. The molecule has 168 valence electrons. The van der Waals surface area contributed by atoms with Crippen LogP contribution in [0.2, 0.25) is 0 Å². The van der Waals surface area contributed by atoms with Crippen molar-refractivity contribution in [1.29, 1.82) is 0 Å². The van der Waals surface area contributed by atoms with Gasteiger partial charge in [0.25, 0.3) is 5.91 Å². The number of thiazole rings is 1. The van der Waals surface area contributed by atoms with E-state index in [2.05, 4.69) is 40.4 Å². The minimum absolute atomic E-state index is 0.164. The van der Waals surface area contributed by atoms with Crippen molar-refractivity contribution in [2.24, 2.45) is 0 Å². The standard InChI is InChI=1S/C21H26N8O2S/c1-14-5-3-4-6-16(14)25-18(31)17-13-22-21(32-17)27-19-23-15(2)24-20(26-19)29-9-7-28(8-10-29)11-12-30/h3-6,13,30H,7-12H2,1-2H3,(H,25,31)(H,22,23,24,26,27). The van der Waals surface area contributed by atoms with Crippen LogP contribution in [0.25, 0.3) is 0 Å². The maximum Gasteiger partial charge on any atom is 0.267 e. The molecule has 0 bridgehead atoms. The molecule has 1 amide bonds. The van der Waals surface area contributed by atoms with E-state index in [1.807, 2.05) is 38.1 Å². The monoisotopic (exact) mass is 454 g/mol. The lowest BCUT2D eigenvalue weighted by molar-refractivity contribution is 0.103. The van der Waals surface area contributed by atoms with Crippen LogP contribution in [0.1, 0.15) is 21.1 Å². The number of aryl methyl sites for hydroxylation is 2. The number of amides is 1. The van der Waals surface area contributed by atoms with Gasteiger partial charge in [0.2, 0.25) is 11.9 Å². The molecule has 2 aromatic heterocycles. The molecule has 10 nitrogen and oxygen atoms in total. The van der Waals surface area contributed by atoms with Gasteiger partial charge in [-0.25, -0.2) is 4.98 Å². The molecule has 0 aliphatic carbocycles. The lowest BCUT2D eigenvalue weighted by Gasteiger charge is -2.34. The molecule has 32 heavy (non-hydrogen) atoms. The Morgan fingerprint density at radius 3 is 2.66 bits per heavy atom. The maximum absolute atomic E-state index is 12.6. The smallest absolute Gasteiger partial charge is 0.267 e. The lowest BCUT2D eigenvalue weighted by atomic mass is 10.2. The van der Waals surface area contributed by atoms with Crippen molar-refractivity contribution in [3.63, 3.8) is 0 Å². The van der Waals surface area contributed by atoms with E-state index in [0.717, 1.165) is 37.4 Å². The summed E-state index contributed by atoms with van der Waals surface area (Å²) in [6.45, 7) is 7.87. The van der Waals surface area contributed by atoms with Gasteiger partial charge in [-0.05, 0) is 25.5 Å². The van der Waals surface area contributed by atoms with E-state index in [0.29, 0.717) is 34.3 Å². The Morgan fingerprint density at radius 1 is 1.12 bits per heavy atom. The van der Waals surface area contributed by atoms with Gasteiger partial charge < -0.3 is 15.3 Å². The molecule has 1 saturated heterocycles. The Kier molecular flexibility index (Phi) is 6.88. The Morgan fingerprint density at radius 2 is 1.91 bits per heavy atom. The van der Waals surface area contributed by atoms with E-state index in [9.17, 15) is 4.79 Å². The van der Waals surface area contributed by atoms with Crippen LogP contribution in [0.5, 0.6) is 0 Å². The Balaban J connectivity index is 1.42. The molecule has 4 rings (SSSR count). The predicted molar refractivity (Wildman–Crippen MR) is 125 cm³/mol. The van der Waals surface area contributed by atoms with Crippen LogP contribution in [0.4, 0.5) is 22.7 Å². The van der Waals surface area contributed by atoms with Crippen LogP contribution >= 0.6 is 11.3 Å². The number of hydrogen-bond donors (Lipinski definition) is 3. The SMILES string of the molecule is Cc1nc(Nc2ncc(C(=O)Nc3ccccc3C)s2)nc(N2CCN(CCO)CC2)n1. The quantitative estimate of drug-likeness (QED) is 0.493. The Labute approximate surface area is 190 Å². The Hall–Kier alpha value is -3.15. The molecule has 0 atom stereocenters. The highest BCUT2D eigenvalue weighted by Gasteiger charge is 2.20. The molecule has 3 aromatic rings. The van der Waals surface area contributed by atoms with Gasteiger partial charge in [0.15, 0.2) is 5.13 Å². The van der Waals surface area contributed by atoms with E-state index >= 15 is 0 Å². The largest absolute Gasteiger partial charge is 0.395 e. The molecule has 1 aromatic carbocycles. The first kappa shape index (κ1) is 22.1. The second-order valence-electron chi connectivity index (χ2n) is 7.48. The van der Waals surface area contributed by atoms with Gasteiger partial charge in [-0.15, -0.1) is 0 Å². The van der Waals surface area contributed by atoms with Gasteiger partial charge in [0.05, 0.1) is 12.8 Å². The number of carbonyl (C=O) groups is 1. The highest BCUT2D eigenvalue weighted by atomic mass is 32.1. The third-order valence-corrected chi connectivity index (χ3v) is 6.06. The normalized spacial score (nSPS) is 14.4. The van der Waals surface area contributed by atoms with E-state index in [1.165, 1.54) is 17.5 Å². The van der Waals surface area contributed by atoms with Crippen LogP contribution in [0.15, 0.2) is 30.5 Å². The number of piperazine rings is 1. The number of carbonyl (C=O) groups excluding carboxylic acids is 1. The minimum Gasteiger partial charge on any atom is -0.395 e. The van der Waals surface area contributed by atoms with Gasteiger partial charge in [0.1, 0.15) is 10.7 Å². The molecule has 0 spiro atoms. The summed E-state index contributed by atoms with van der Waals surface area (Å²) in [6.07, 6.45) is 1.54. The lowest BCUT2D eigenvalue weighted by Crippen LogP contribution is -2.47. The molecule has 1 aliphatic heterocycles. The molecule has 0 radical (unpaired) electrons. The van der Waals surface area contributed by atoms with E-state index in [4.69, 9.17) is 5.11 Å². The number of aromatic nitrogens is 4. The van der Waals surface area contributed by atoms with Crippen molar-refractivity contribution in [2.45, 2.75) is 13.8 Å². The number of β-amino-alcohol motifs (C(OH)–C–C–N with tert-alkyl or cyclic N) is 1. The zero-order valence-corrected chi connectivity index (χ0v) is 18.9. The molecule has 3 N–H and O–H groups in total. The fourth-order valence-electron chi connectivity index (χ4n) is 3.41. The number of nitrogens with zero attached hydrogens (tertiary/aromatic N) is 6. The maximum atomic E-state index is 12.6. The molecule has 11 heteroatoms. The second-order valence-corrected chi connectivity index (χ2v) is 8.51.